The fourth-order valence-corrected chi connectivity index (χ4v) is 4.00. The highest BCUT2D eigenvalue weighted by Gasteiger charge is 2.37. The van der Waals surface area contributed by atoms with Crippen molar-refractivity contribution in [1.29, 1.82) is 0 Å². The van der Waals surface area contributed by atoms with Crippen LogP contribution in [0.1, 0.15) is 32.1 Å². The Hall–Kier alpha value is -0.850. The van der Waals surface area contributed by atoms with E-state index in [4.69, 9.17) is 10.5 Å². The first-order valence-corrected chi connectivity index (χ1v) is 8.60. The molecule has 2 aliphatic heterocycles. The summed E-state index contributed by atoms with van der Waals surface area (Å²) in [7, 11) is 0. The van der Waals surface area contributed by atoms with Crippen LogP contribution in [0.3, 0.4) is 0 Å². The molecule has 0 aromatic heterocycles. The molecule has 7 heteroatoms. The fourth-order valence-electron chi connectivity index (χ4n) is 4.00. The quantitative estimate of drug-likeness (QED) is 0.814. The molecule has 2 N–H and O–H groups in total. The molecule has 2 heterocycles. The SMILES string of the molecule is Cl.NC[C@H]1CCC[C@H]1C(=O)N1CCN(C(=O)C2CCCO2)CC1. The highest BCUT2D eigenvalue weighted by molar-refractivity contribution is 5.85. The maximum atomic E-state index is 12.6. The number of carbonyl (C=O) groups excluding carboxylic acids is 2. The van der Waals surface area contributed by atoms with Gasteiger partial charge in [0.1, 0.15) is 6.10 Å². The van der Waals surface area contributed by atoms with Crippen LogP contribution in [-0.2, 0) is 14.3 Å². The Bertz CT molecular complexity index is 421. The van der Waals surface area contributed by atoms with E-state index in [-0.39, 0.29) is 36.2 Å². The van der Waals surface area contributed by atoms with Gasteiger partial charge in [0.05, 0.1) is 0 Å². The molecule has 23 heavy (non-hydrogen) atoms. The van der Waals surface area contributed by atoms with Crippen molar-refractivity contribution in [1.82, 2.24) is 9.80 Å². The lowest BCUT2D eigenvalue weighted by Gasteiger charge is -2.37. The number of carbonyl (C=O) groups is 2. The smallest absolute Gasteiger partial charge is 0.251 e. The zero-order valence-electron chi connectivity index (χ0n) is 13.6. The van der Waals surface area contributed by atoms with Crippen LogP contribution in [-0.4, -0.2) is 67.0 Å². The van der Waals surface area contributed by atoms with E-state index in [1.807, 2.05) is 9.80 Å². The van der Waals surface area contributed by atoms with Crippen molar-refractivity contribution in [2.45, 2.75) is 38.2 Å². The van der Waals surface area contributed by atoms with Crippen molar-refractivity contribution in [3.05, 3.63) is 0 Å². The van der Waals surface area contributed by atoms with Gasteiger partial charge in [-0.05, 0) is 38.1 Å². The molecular weight excluding hydrogens is 318 g/mol. The first-order chi connectivity index (χ1) is 10.7. The van der Waals surface area contributed by atoms with Crippen LogP contribution in [0, 0.1) is 11.8 Å². The Morgan fingerprint density at radius 2 is 1.61 bits per heavy atom. The molecule has 2 saturated heterocycles. The lowest BCUT2D eigenvalue weighted by atomic mass is 9.94. The average Bonchev–Trinajstić information content (AvgIpc) is 3.24. The van der Waals surface area contributed by atoms with Crippen LogP contribution in [0.15, 0.2) is 0 Å². The first-order valence-electron chi connectivity index (χ1n) is 8.60. The van der Waals surface area contributed by atoms with Gasteiger partial charge in [-0.25, -0.2) is 0 Å². The second kappa shape index (κ2) is 8.31. The highest BCUT2D eigenvalue weighted by atomic mass is 35.5. The van der Waals surface area contributed by atoms with Gasteiger partial charge in [0.2, 0.25) is 5.91 Å². The summed E-state index contributed by atoms with van der Waals surface area (Å²) in [5, 5.41) is 0. The Balaban J connectivity index is 0.00000192. The van der Waals surface area contributed by atoms with Crippen molar-refractivity contribution >= 4 is 24.2 Å². The summed E-state index contributed by atoms with van der Waals surface area (Å²) in [5.41, 5.74) is 5.79. The summed E-state index contributed by atoms with van der Waals surface area (Å²) in [5.74, 6) is 0.798. The second-order valence-electron chi connectivity index (χ2n) is 6.69. The van der Waals surface area contributed by atoms with Crippen LogP contribution < -0.4 is 5.73 Å². The van der Waals surface area contributed by atoms with Crippen molar-refractivity contribution in [2.75, 3.05) is 39.3 Å². The maximum Gasteiger partial charge on any atom is 0.251 e. The zero-order chi connectivity index (χ0) is 15.5. The van der Waals surface area contributed by atoms with E-state index < -0.39 is 0 Å². The van der Waals surface area contributed by atoms with E-state index in [1.165, 1.54) is 0 Å². The van der Waals surface area contributed by atoms with Gasteiger partial charge in [0.15, 0.2) is 0 Å². The van der Waals surface area contributed by atoms with Gasteiger partial charge in [-0.3, -0.25) is 9.59 Å². The van der Waals surface area contributed by atoms with Gasteiger partial charge in [-0.15, -0.1) is 12.4 Å². The van der Waals surface area contributed by atoms with Gasteiger partial charge in [0.25, 0.3) is 5.91 Å². The largest absolute Gasteiger partial charge is 0.368 e. The molecule has 1 saturated carbocycles. The molecule has 6 nitrogen and oxygen atoms in total. The number of hydrogen-bond donors (Lipinski definition) is 1. The Kier molecular flexibility index (Phi) is 6.68. The van der Waals surface area contributed by atoms with Crippen LogP contribution in [0.2, 0.25) is 0 Å². The summed E-state index contributed by atoms with van der Waals surface area (Å²) in [6.07, 6.45) is 4.70. The number of hydrogen-bond acceptors (Lipinski definition) is 4. The van der Waals surface area contributed by atoms with Gasteiger partial charge >= 0.3 is 0 Å². The van der Waals surface area contributed by atoms with E-state index in [0.717, 1.165) is 32.1 Å². The van der Waals surface area contributed by atoms with Crippen molar-refractivity contribution < 1.29 is 14.3 Å². The molecule has 2 amide bonds. The molecule has 1 aliphatic carbocycles. The third-order valence-electron chi connectivity index (χ3n) is 5.39. The minimum absolute atomic E-state index is 0. The zero-order valence-corrected chi connectivity index (χ0v) is 14.4. The monoisotopic (exact) mass is 345 g/mol. The standard InChI is InChI=1S/C16H27N3O3.ClH/c17-11-12-3-1-4-13(12)15(20)18-6-8-19(9-7-18)16(21)14-5-2-10-22-14;/h12-14H,1-11,17H2;1H/t12-,13-,14?;/m1./s1. The molecule has 3 atom stereocenters. The topological polar surface area (TPSA) is 75.9 Å². The van der Waals surface area contributed by atoms with E-state index in [0.29, 0.717) is 45.2 Å². The summed E-state index contributed by atoms with van der Waals surface area (Å²) in [6.45, 7) is 3.84. The lowest BCUT2D eigenvalue weighted by Crippen LogP contribution is -2.54. The van der Waals surface area contributed by atoms with Crippen molar-refractivity contribution in [3.63, 3.8) is 0 Å². The van der Waals surface area contributed by atoms with Gasteiger partial charge in [0, 0.05) is 38.7 Å². The number of halogens is 1. The number of piperazine rings is 1. The highest BCUT2D eigenvalue weighted by Crippen LogP contribution is 2.32. The van der Waals surface area contributed by atoms with Crippen molar-refractivity contribution in [3.8, 4) is 0 Å². The summed E-state index contributed by atoms with van der Waals surface area (Å²) < 4.78 is 5.47. The number of rotatable bonds is 3. The molecule has 3 fully saturated rings. The molecular formula is C16H28ClN3O3. The third-order valence-corrected chi connectivity index (χ3v) is 5.39. The van der Waals surface area contributed by atoms with Crippen LogP contribution in [0.5, 0.6) is 0 Å². The van der Waals surface area contributed by atoms with E-state index in [2.05, 4.69) is 0 Å². The molecule has 3 rings (SSSR count). The molecule has 0 aromatic rings. The van der Waals surface area contributed by atoms with Crippen LogP contribution in [0.25, 0.3) is 0 Å². The Morgan fingerprint density at radius 3 is 2.17 bits per heavy atom. The summed E-state index contributed by atoms with van der Waals surface area (Å²) >= 11 is 0. The molecule has 132 valence electrons. The Labute approximate surface area is 144 Å². The minimum Gasteiger partial charge on any atom is -0.368 e. The molecule has 0 bridgehead atoms. The van der Waals surface area contributed by atoms with E-state index >= 15 is 0 Å². The summed E-state index contributed by atoms with van der Waals surface area (Å²) in [4.78, 5) is 28.7. The normalized spacial score (nSPS) is 31.1. The molecule has 3 aliphatic rings. The third kappa shape index (κ3) is 3.98. The second-order valence-corrected chi connectivity index (χ2v) is 6.69. The van der Waals surface area contributed by atoms with E-state index in [1.54, 1.807) is 0 Å². The van der Waals surface area contributed by atoms with Gasteiger partial charge in [-0.2, -0.15) is 0 Å². The predicted molar refractivity (Wildman–Crippen MR) is 89.3 cm³/mol. The van der Waals surface area contributed by atoms with Gasteiger partial charge in [-0.1, -0.05) is 6.42 Å². The lowest BCUT2D eigenvalue weighted by molar-refractivity contribution is -0.147. The average molecular weight is 346 g/mol. The number of ether oxygens (including phenoxy) is 1. The Morgan fingerprint density at radius 1 is 0.957 bits per heavy atom. The molecule has 0 radical (unpaired) electrons. The number of amides is 2. The molecule has 1 unspecified atom stereocenters. The minimum atomic E-state index is -0.251. The fraction of sp³-hybridized carbons (Fsp3) is 0.875. The molecule has 0 spiro atoms. The summed E-state index contributed by atoms with van der Waals surface area (Å²) in [6, 6.07) is 0. The number of nitrogens with zero attached hydrogens (tertiary/aromatic N) is 2. The van der Waals surface area contributed by atoms with Crippen LogP contribution >= 0.6 is 12.4 Å². The first kappa shape index (κ1) is 18.5. The maximum absolute atomic E-state index is 12.6. The van der Waals surface area contributed by atoms with Crippen LogP contribution in [0.4, 0.5) is 0 Å². The van der Waals surface area contributed by atoms with Crippen molar-refractivity contribution in [2.24, 2.45) is 17.6 Å². The predicted octanol–water partition coefficient (Wildman–Crippen LogP) is 0.633. The number of nitrogens with two attached hydrogens (primary N) is 1. The molecule has 0 aromatic carbocycles. The van der Waals surface area contributed by atoms with E-state index in [9.17, 15) is 9.59 Å². The van der Waals surface area contributed by atoms with Gasteiger partial charge < -0.3 is 20.3 Å².